The first-order valence-electron chi connectivity index (χ1n) is 7.76. The zero-order chi connectivity index (χ0) is 18.1. The molecule has 2 N–H and O–H groups in total. The minimum absolute atomic E-state index is 0.00233. The highest BCUT2D eigenvalue weighted by Gasteiger charge is 2.21. The molecule has 0 spiro atoms. The van der Waals surface area contributed by atoms with Gasteiger partial charge in [0.2, 0.25) is 11.7 Å². The third kappa shape index (κ3) is 3.36. The predicted molar refractivity (Wildman–Crippen MR) is 97.1 cm³/mol. The number of carbonyl (C=O) groups excluding carboxylic acids is 2. The number of aromatic nitrogens is 2. The van der Waals surface area contributed by atoms with E-state index < -0.39 is 5.97 Å². The van der Waals surface area contributed by atoms with Crippen molar-refractivity contribution in [1.82, 2.24) is 9.97 Å². The van der Waals surface area contributed by atoms with E-state index in [1.165, 1.54) is 0 Å². The summed E-state index contributed by atoms with van der Waals surface area (Å²) in [6.45, 7) is 5.86. The molecule has 0 amide bonds. The first-order chi connectivity index (χ1) is 11.9. The van der Waals surface area contributed by atoms with E-state index in [4.69, 9.17) is 10.5 Å². The van der Waals surface area contributed by atoms with E-state index in [1.807, 2.05) is 19.9 Å². The Balaban J connectivity index is 2.14. The number of aryl methyl sites for hydroxylation is 2. The fourth-order valence-corrected chi connectivity index (χ4v) is 3.59. The van der Waals surface area contributed by atoms with Crippen LogP contribution >= 0.6 is 11.3 Å². The molecule has 7 heteroatoms. The molecule has 0 aliphatic carbocycles. The largest absolute Gasteiger partial charge is 0.462 e. The average molecular weight is 355 g/mol. The summed E-state index contributed by atoms with van der Waals surface area (Å²) in [6, 6.07) is 7.19. The summed E-state index contributed by atoms with van der Waals surface area (Å²) in [5.41, 5.74) is 8.45. The standard InChI is InChI=1S/C18H17N3O3S/c1-4-24-17(23)13-8-12-14(20-18(19)21-16(12)25-13)15(22)11-6-9(2)5-10(3)7-11/h5-8H,4H2,1-3H3,(H2,19,20,21). The molecular formula is C18H17N3O3S. The van der Waals surface area contributed by atoms with Crippen molar-refractivity contribution >= 4 is 39.3 Å². The Kier molecular flexibility index (Phi) is 4.50. The van der Waals surface area contributed by atoms with Gasteiger partial charge in [0.25, 0.3) is 0 Å². The van der Waals surface area contributed by atoms with Crippen LogP contribution in [-0.4, -0.2) is 28.3 Å². The third-order valence-electron chi connectivity index (χ3n) is 3.59. The quantitative estimate of drug-likeness (QED) is 0.570. The summed E-state index contributed by atoms with van der Waals surface area (Å²) >= 11 is 1.13. The summed E-state index contributed by atoms with van der Waals surface area (Å²) < 4.78 is 5.01. The lowest BCUT2D eigenvalue weighted by molar-refractivity contribution is 0.0532. The van der Waals surface area contributed by atoms with Gasteiger partial charge in [-0.15, -0.1) is 11.3 Å². The molecular weight excluding hydrogens is 338 g/mol. The molecule has 0 atom stereocenters. The van der Waals surface area contributed by atoms with E-state index in [0.29, 0.717) is 20.7 Å². The second kappa shape index (κ2) is 6.60. The van der Waals surface area contributed by atoms with Gasteiger partial charge in [-0.2, -0.15) is 0 Å². The van der Waals surface area contributed by atoms with E-state index in [1.54, 1.807) is 25.1 Å². The van der Waals surface area contributed by atoms with E-state index in [2.05, 4.69) is 9.97 Å². The van der Waals surface area contributed by atoms with Crippen molar-refractivity contribution in [2.75, 3.05) is 12.3 Å². The fourth-order valence-electron chi connectivity index (χ4n) is 2.66. The summed E-state index contributed by atoms with van der Waals surface area (Å²) in [4.78, 5) is 34.0. The molecule has 0 fully saturated rings. The number of benzene rings is 1. The van der Waals surface area contributed by atoms with Gasteiger partial charge in [-0.3, -0.25) is 4.79 Å². The Labute approximate surface area is 148 Å². The Hall–Kier alpha value is -2.80. The lowest BCUT2D eigenvalue weighted by atomic mass is 10.0. The van der Waals surface area contributed by atoms with Crippen LogP contribution in [-0.2, 0) is 4.74 Å². The number of esters is 1. The second-order valence-corrected chi connectivity index (χ2v) is 6.72. The molecule has 128 valence electrons. The number of nitrogens with zero attached hydrogens (tertiary/aromatic N) is 2. The molecule has 2 heterocycles. The Morgan fingerprint density at radius 2 is 1.80 bits per heavy atom. The van der Waals surface area contributed by atoms with Crippen LogP contribution in [0, 0.1) is 13.8 Å². The molecule has 6 nitrogen and oxygen atoms in total. The van der Waals surface area contributed by atoms with Gasteiger partial charge >= 0.3 is 5.97 Å². The highest BCUT2D eigenvalue weighted by Crippen LogP contribution is 2.29. The molecule has 0 saturated carbocycles. The first-order valence-corrected chi connectivity index (χ1v) is 8.58. The maximum Gasteiger partial charge on any atom is 0.348 e. The third-order valence-corrected chi connectivity index (χ3v) is 4.59. The number of nitrogens with two attached hydrogens (primary N) is 1. The number of rotatable bonds is 4. The first kappa shape index (κ1) is 17.0. The number of carbonyl (C=O) groups is 2. The molecule has 0 bridgehead atoms. The van der Waals surface area contributed by atoms with Gasteiger partial charge in [0.15, 0.2) is 0 Å². The minimum Gasteiger partial charge on any atom is -0.462 e. The van der Waals surface area contributed by atoms with Gasteiger partial charge in [-0.05, 0) is 39.0 Å². The van der Waals surface area contributed by atoms with Crippen molar-refractivity contribution in [1.29, 1.82) is 0 Å². The number of thiophene rings is 1. The molecule has 0 aliphatic heterocycles. The van der Waals surface area contributed by atoms with Crippen LogP contribution in [0.25, 0.3) is 10.2 Å². The van der Waals surface area contributed by atoms with E-state index in [0.717, 1.165) is 22.5 Å². The number of ether oxygens (including phenoxy) is 1. The molecule has 0 saturated heterocycles. The van der Waals surface area contributed by atoms with Crippen LogP contribution in [0.4, 0.5) is 5.95 Å². The van der Waals surface area contributed by atoms with Gasteiger partial charge in [0, 0.05) is 10.9 Å². The zero-order valence-electron chi connectivity index (χ0n) is 14.1. The fraction of sp³-hybridized carbons (Fsp3) is 0.222. The number of nitrogen functional groups attached to an aromatic ring is 1. The maximum atomic E-state index is 13.0. The Morgan fingerprint density at radius 1 is 1.12 bits per heavy atom. The van der Waals surface area contributed by atoms with Crippen molar-refractivity contribution in [2.45, 2.75) is 20.8 Å². The molecule has 3 rings (SSSR count). The molecule has 25 heavy (non-hydrogen) atoms. The second-order valence-electron chi connectivity index (χ2n) is 5.69. The van der Waals surface area contributed by atoms with Crippen molar-refractivity contribution in [3.8, 4) is 0 Å². The molecule has 0 unspecified atom stereocenters. The smallest absolute Gasteiger partial charge is 0.348 e. The topological polar surface area (TPSA) is 95.2 Å². The zero-order valence-corrected chi connectivity index (χ0v) is 14.9. The molecule has 3 aromatic rings. The summed E-state index contributed by atoms with van der Waals surface area (Å²) in [5.74, 6) is -0.703. The number of fused-ring (bicyclic) bond motifs is 1. The summed E-state index contributed by atoms with van der Waals surface area (Å²) in [6.07, 6.45) is 0. The number of ketones is 1. The van der Waals surface area contributed by atoms with Gasteiger partial charge in [-0.1, -0.05) is 17.2 Å². The van der Waals surface area contributed by atoms with Crippen LogP contribution in [0.5, 0.6) is 0 Å². The SMILES string of the molecule is CCOC(=O)c1cc2c(C(=O)c3cc(C)cc(C)c3)nc(N)nc2s1. The number of hydrogen-bond acceptors (Lipinski definition) is 7. The maximum absolute atomic E-state index is 13.0. The molecule has 0 aliphatic rings. The normalized spacial score (nSPS) is 10.8. The monoisotopic (exact) mass is 355 g/mol. The van der Waals surface area contributed by atoms with E-state index in [9.17, 15) is 9.59 Å². The van der Waals surface area contributed by atoms with Gasteiger partial charge in [0.05, 0.1) is 6.61 Å². The molecule has 1 aromatic carbocycles. The summed E-state index contributed by atoms with van der Waals surface area (Å²) in [7, 11) is 0. The van der Waals surface area contributed by atoms with E-state index in [-0.39, 0.29) is 24.0 Å². The van der Waals surface area contributed by atoms with Gasteiger partial charge in [0.1, 0.15) is 15.4 Å². The lowest BCUT2D eigenvalue weighted by Gasteiger charge is -2.05. The highest BCUT2D eigenvalue weighted by molar-refractivity contribution is 7.20. The number of anilines is 1. The predicted octanol–water partition coefficient (Wildman–Crippen LogP) is 3.30. The lowest BCUT2D eigenvalue weighted by Crippen LogP contribution is -2.08. The van der Waals surface area contributed by atoms with Crippen molar-refractivity contribution in [3.05, 3.63) is 51.5 Å². The van der Waals surface area contributed by atoms with Crippen LogP contribution < -0.4 is 5.73 Å². The van der Waals surface area contributed by atoms with Gasteiger partial charge < -0.3 is 10.5 Å². The van der Waals surface area contributed by atoms with Crippen molar-refractivity contribution in [3.63, 3.8) is 0 Å². The number of hydrogen-bond donors (Lipinski definition) is 1. The van der Waals surface area contributed by atoms with Crippen molar-refractivity contribution < 1.29 is 14.3 Å². The minimum atomic E-state index is -0.450. The van der Waals surface area contributed by atoms with Gasteiger partial charge in [-0.25, -0.2) is 14.8 Å². The molecule has 0 radical (unpaired) electrons. The van der Waals surface area contributed by atoms with Crippen LogP contribution in [0.1, 0.15) is 43.8 Å². The van der Waals surface area contributed by atoms with Crippen LogP contribution in [0.3, 0.4) is 0 Å². The van der Waals surface area contributed by atoms with Crippen LogP contribution in [0.15, 0.2) is 24.3 Å². The highest BCUT2D eigenvalue weighted by atomic mass is 32.1. The molecule has 2 aromatic heterocycles. The Morgan fingerprint density at radius 3 is 2.44 bits per heavy atom. The van der Waals surface area contributed by atoms with E-state index >= 15 is 0 Å². The average Bonchev–Trinajstić information content (AvgIpc) is 2.96. The Bertz CT molecular complexity index is 974. The van der Waals surface area contributed by atoms with Crippen molar-refractivity contribution in [2.24, 2.45) is 0 Å². The summed E-state index contributed by atoms with van der Waals surface area (Å²) in [5, 5.41) is 0.506. The van der Waals surface area contributed by atoms with Crippen LogP contribution in [0.2, 0.25) is 0 Å².